The standard InChI is InChI=1S/C25H40N4O5S2/c1-4-5-9-22(26-36(33,34)20-11-15-27(2)16-12-20)24(30)28-17-13-25(14-18-28)19-29(35(3,31)32)23-10-7-6-8-21(23)25/h6-8,10,20,22,26H,4-5,9,11-19H2,1-3H3. The minimum atomic E-state index is -3.60. The molecule has 0 aromatic heterocycles. The van der Waals surface area contributed by atoms with Crippen LogP contribution in [0, 0.1) is 0 Å². The lowest BCUT2D eigenvalue weighted by Crippen LogP contribution is -2.55. The molecular weight excluding hydrogens is 500 g/mol. The van der Waals surface area contributed by atoms with Crippen molar-refractivity contribution >= 4 is 31.6 Å². The first-order valence-electron chi connectivity index (χ1n) is 13.0. The molecule has 11 heteroatoms. The third kappa shape index (κ3) is 5.58. The van der Waals surface area contributed by atoms with Crippen molar-refractivity contribution in [3.8, 4) is 0 Å². The Morgan fingerprint density at radius 3 is 2.33 bits per heavy atom. The number of anilines is 1. The summed E-state index contributed by atoms with van der Waals surface area (Å²) in [4.78, 5) is 17.5. The second kappa shape index (κ2) is 10.6. The molecule has 0 saturated carbocycles. The number of para-hydroxylation sites is 1. The smallest absolute Gasteiger partial charge is 0.240 e. The number of rotatable bonds is 8. The number of unbranched alkanes of at least 4 members (excludes halogenated alkanes) is 1. The van der Waals surface area contributed by atoms with E-state index in [1.807, 2.05) is 38.2 Å². The van der Waals surface area contributed by atoms with E-state index < -0.39 is 31.3 Å². The van der Waals surface area contributed by atoms with Gasteiger partial charge in [-0.3, -0.25) is 9.10 Å². The number of sulfonamides is 2. The molecule has 3 aliphatic rings. The third-order valence-electron chi connectivity index (χ3n) is 8.18. The molecule has 36 heavy (non-hydrogen) atoms. The molecule has 1 atom stereocenters. The maximum Gasteiger partial charge on any atom is 0.240 e. The predicted octanol–water partition coefficient (Wildman–Crippen LogP) is 1.90. The molecular formula is C25H40N4O5S2. The number of fused-ring (bicyclic) bond motifs is 2. The van der Waals surface area contributed by atoms with Crippen molar-refractivity contribution in [2.24, 2.45) is 0 Å². The highest BCUT2D eigenvalue weighted by atomic mass is 32.2. The molecule has 4 rings (SSSR count). The maximum atomic E-state index is 13.6. The van der Waals surface area contributed by atoms with Crippen molar-refractivity contribution in [2.45, 2.75) is 68.6 Å². The number of amides is 1. The summed E-state index contributed by atoms with van der Waals surface area (Å²) in [6.07, 6.45) is 5.78. The van der Waals surface area contributed by atoms with Crippen LogP contribution < -0.4 is 9.03 Å². The van der Waals surface area contributed by atoms with Crippen LogP contribution in [0.15, 0.2) is 24.3 Å². The van der Waals surface area contributed by atoms with Gasteiger partial charge in [-0.25, -0.2) is 21.6 Å². The van der Waals surface area contributed by atoms with Crippen LogP contribution >= 0.6 is 0 Å². The SMILES string of the molecule is CCCCC(NS(=O)(=O)C1CCN(C)CC1)C(=O)N1CCC2(CC1)CN(S(C)(=O)=O)c1ccccc12. The summed E-state index contributed by atoms with van der Waals surface area (Å²) in [7, 11) is -5.02. The highest BCUT2D eigenvalue weighted by molar-refractivity contribution is 7.92. The zero-order chi connectivity index (χ0) is 26.1. The van der Waals surface area contributed by atoms with Crippen molar-refractivity contribution in [3.63, 3.8) is 0 Å². The van der Waals surface area contributed by atoms with E-state index in [4.69, 9.17) is 0 Å². The fourth-order valence-electron chi connectivity index (χ4n) is 5.91. The largest absolute Gasteiger partial charge is 0.341 e. The van der Waals surface area contributed by atoms with Crippen molar-refractivity contribution in [1.82, 2.24) is 14.5 Å². The summed E-state index contributed by atoms with van der Waals surface area (Å²) >= 11 is 0. The molecule has 1 aromatic carbocycles. The molecule has 1 spiro atoms. The fraction of sp³-hybridized carbons (Fsp3) is 0.720. The summed E-state index contributed by atoms with van der Waals surface area (Å²) in [5.41, 5.74) is 1.42. The van der Waals surface area contributed by atoms with Gasteiger partial charge < -0.3 is 9.80 Å². The van der Waals surface area contributed by atoms with E-state index in [1.54, 1.807) is 4.90 Å². The minimum Gasteiger partial charge on any atom is -0.341 e. The summed E-state index contributed by atoms with van der Waals surface area (Å²) < 4.78 is 55.5. The van der Waals surface area contributed by atoms with Gasteiger partial charge in [-0.2, -0.15) is 0 Å². The Hall–Kier alpha value is -1.69. The first-order chi connectivity index (χ1) is 17.0. The Morgan fingerprint density at radius 1 is 1.08 bits per heavy atom. The number of nitrogens with zero attached hydrogens (tertiary/aromatic N) is 3. The van der Waals surface area contributed by atoms with Gasteiger partial charge in [0.05, 0.1) is 17.2 Å². The van der Waals surface area contributed by atoms with Crippen LogP contribution in [-0.4, -0.2) is 89.9 Å². The van der Waals surface area contributed by atoms with Gasteiger partial charge in [0.2, 0.25) is 26.0 Å². The van der Waals surface area contributed by atoms with E-state index in [0.29, 0.717) is 51.7 Å². The lowest BCUT2D eigenvalue weighted by atomic mass is 9.74. The van der Waals surface area contributed by atoms with Crippen LogP contribution in [0.3, 0.4) is 0 Å². The van der Waals surface area contributed by atoms with Gasteiger partial charge in [-0.05, 0) is 63.9 Å². The second-order valence-electron chi connectivity index (χ2n) is 10.8. The predicted molar refractivity (Wildman–Crippen MR) is 142 cm³/mol. The molecule has 9 nitrogen and oxygen atoms in total. The minimum absolute atomic E-state index is 0.166. The van der Waals surface area contributed by atoms with Crippen molar-refractivity contribution in [2.75, 3.05) is 50.3 Å². The van der Waals surface area contributed by atoms with E-state index in [1.165, 1.54) is 10.6 Å². The maximum absolute atomic E-state index is 13.6. The van der Waals surface area contributed by atoms with Crippen LogP contribution in [0.4, 0.5) is 5.69 Å². The lowest BCUT2D eigenvalue weighted by Gasteiger charge is -2.41. The van der Waals surface area contributed by atoms with Crippen LogP contribution in [0.5, 0.6) is 0 Å². The zero-order valence-electron chi connectivity index (χ0n) is 21.6. The van der Waals surface area contributed by atoms with Crippen molar-refractivity contribution < 1.29 is 21.6 Å². The first-order valence-corrected chi connectivity index (χ1v) is 16.4. The highest BCUT2D eigenvalue weighted by Crippen LogP contribution is 2.47. The third-order valence-corrected chi connectivity index (χ3v) is 11.3. The van der Waals surface area contributed by atoms with Gasteiger partial charge in [0, 0.05) is 25.0 Å². The number of carbonyl (C=O) groups excluding carboxylic acids is 1. The van der Waals surface area contributed by atoms with Gasteiger partial charge in [-0.1, -0.05) is 38.0 Å². The van der Waals surface area contributed by atoms with Gasteiger partial charge in [-0.15, -0.1) is 0 Å². The molecule has 2 saturated heterocycles. The number of hydrogen-bond donors (Lipinski definition) is 1. The molecule has 1 N–H and O–H groups in total. The number of benzene rings is 1. The van der Waals surface area contributed by atoms with Gasteiger partial charge in [0.25, 0.3) is 0 Å². The number of hydrogen-bond acceptors (Lipinski definition) is 6. The van der Waals surface area contributed by atoms with Gasteiger partial charge in [0.15, 0.2) is 0 Å². The molecule has 0 radical (unpaired) electrons. The highest BCUT2D eigenvalue weighted by Gasteiger charge is 2.48. The van der Waals surface area contributed by atoms with E-state index in [9.17, 15) is 21.6 Å². The van der Waals surface area contributed by atoms with Crippen molar-refractivity contribution in [1.29, 1.82) is 0 Å². The summed E-state index contributed by atoms with van der Waals surface area (Å²) in [5, 5.41) is -0.466. The first kappa shape index (κ1) is 27.3. The molecule has 1 aromatic rings. The molecule has 1 amide bonds. The van der Waals surface area contributed by atoms with Crippen LogP contribution in [0.25, 0.3) is 0 Å². The number of carbonyl (C=O) groups is 1. The summed E-state index contributed by atoms with van der Waals surface area (Å²) in [5.74, 6) is -0.166. The lowest BCUT2D eigenvalue weighted by molar-refractivity contribution is -0.134. The molecule has 0 bridgehead atoms. The van der Waals surface area contributed by atoms with Crippen LogP contribution in [0.1, 0.15) is 57.4 Å². The second-order valence-corrected chi connectivity index (χ2v) is 14.7. The zero-order valence-corrected chi connectivity index (χ0v) is 23.3. The number of piperidine rings is 2. The Morgan fingerprint density at radius 2 is 1.72 bits per heavy atom. The molecule has 202 valence electrons. The Kier molecular flexibility index (Phi) is 8.04. The molecule has 1 unspecified atom stereocenters. The van der Waals surface area contributed by atoms with Crippen molar-refractivity contribution in [3.05, 3.63) is 29.8 Å². The van der Waals surface area contributed by atoms with E-state index in [2.05, 4.69) is 9.62 Å². The van der Waals surface area contributed by atoms with Crippen LogP contribution in [0.2, 0.25) is 0 Å². The van der Waals surface area contributed by atoms with E-state index in [0.717, 1.165) is 37.2 Å². The summed E-state index contributed by atoms with van der Waals surface area (Å²) in [6, 6.07) is 6.87. The topological polar surface area (TPSA) is 107 Å². The summed E-state index contributed by atoms with van der Waals surface area (Å²) in [6.45, 7) is 4.84. The van der Waals surface area contributed by atoms with Gasteiger partial charge in [0.1, 0.15) is 6.04 Å². The fourth-order valence-corrected chi connectivity index (χ4v) is 8.55. The van der Waals surface area contributed by atoms with Crippen LogP contribution in [-0.2, 0) is 30.3 Å². The number of nitrogens with one attached hydrogen (secondary N) is 1. The Bertz CT molecular complexity index is 1150. The Labute approximate surface area is 216 Å². The molecule has 3 heterocycles. The average Bonchev–Trinajstić information content (AvgIpc) is 3.17. The average molecular weight is 541 g/mol. The van der Waals surface area contributed by atoms with E-state index >= 15 is 0 Å². The normalized spacial score (nSPS) is 22.1. The molecule has 0 aliphatic carbocycles. The number of likely N-dealkylation sites (tertiary alicyclic amines) is 2. The molecule has 3 aliphatic heterocycles. The van der Waals surface area contributed by atoms with Gasteiger partial charge >= 0.3 is 0 Å². The van der Waals surface area contributed by atoms with E-state index in [-0.39, 0.29) is 11.3 Å². The monoisotopic (exact) mass is 540 g/mol. The molecule has 2 fully saturated rings. The quantitative estimate of drug-likeness (QED) is 0.540. The Balaban J connectivity index is 1.47.